The molecule has 0 bridgehead atoms. The minimum atomic E-state index is -5.44. The summed E-state index contributed by atoms with van der Waals surface area (Å²) in [6.07, 6.45) is -5.44. The summed E-state index contributed by atoms with van der Waals surface area (Å²) in [5.41, 5.74) is -3.46. The van der Waals surface area contributed by atoms with Crippen LogP contribution >= 0.6 is 0 Å². The first-order chi connectivity index (χ1) is 13.9. The predicted octanol–water partition coefficient (Wildman–Crippen LogP) is 4.56. The third-order valence-corrected chi connectivity index (χ3v) is 4.47. The van der Waals surface area contributed by atoms with E-state index in [4.69, 9.17) is 0 Å². The number of aromatic hydroxyl groups is 1. The molecule has 0 aliphatic carbocycles. The Morgan fingerprint density at radius 2 is 1.55 bits per heavy atom. The fourth-order valence-corrected chi connectivity index (χ4v) is 3.11. The van der Waals surface area contributed by atoms with Crippen LogP contribution in [0.4, 0.5) is 26.3 Å². The smallest absolute Gasteiger partial charge is 0.436 e. The number of ketones is 1. The fraction of sp³-hybridized carbons (Fsp3) is 0.211. The molecule has 0 saturated carbocycles. The third kappa shape index (κ3) is 4.05. The van der Waals surface area contributed by atoms with Gasteiger partial charge >= 0.3 is 6.18 Å². The second-order valence-electron chi connectivity index (χ2n) is 6.52. The molecule has 0 aliphatic heterocycles. The molecule has 1 radical (unpaired) electrons. The number of benzene rings is 1. The van der Waals surface area contributed by atoms with E-state index in [2.05, 4.69) is 10.1 Å². The molecule has 1 N–H and O–H groups in total. The molecule has 0 atom stereocenters. The maximum Gasteiger partial charge on any atom is 0.436 e. The average Bonchev–Trinajstić information content (AvgIpc) is 2.91. The molecular formula is C19H13F6MnN3O2. The van der Waals surface area contributed by atoms with Gasteiger partial charge in [-0.2, -0.15) is 31.7 Å². The maximum absolute atomic E-state index is 14.4. The van der Waals surface area contributed by atoms with Crippen molar-refractivity contribution in [3.05, 3.63) is 69.4 Å². The minimum absolute atomic E-state index is 0. The van der Waals surface area contributed by atoms with Crippen molar-refractivity contribution in [3.8, 4) is 11.6 Å². The predicted molar refractivity (Wildman–Crippen MR) is 92.0 cm³/mol. The van der Waals surface area contributed by atoms with Crippen LogP contribution < -0.4 is 0 Å². The molecular weight excluding hydrogens is 471 g/mol. The Labute approximate surface area is 182 Å². The van der Waals surface area contributed by atoms with Gasteiger partial charge in [0.15, 0.2) is 11.5 Å². The summed E-state index contributed by atoms with van der Waals surface area (Å²) in [5.74, 6) is -8.54. The third-order valence-electron chi connectivity index (χ3n) is 4.47. The van der Waals surface area contributed by atoms with Gasteiger partial charge in [-0.1, -0.05) is 18.2 Å². The second-order valence-corrected chi connectivity index (χ2v) is 6.52. The van der Waals surface area contributed by atoms with Gasteiger partial charge in [0.05, 0.1) is 5.69 Å². The van der Waals surface area contributed by atoms with E-state index in [1.165, 1.54) is 6.92 Å². The fourth-order valence-electron chi connectivity index (χ4n) is 3.11. The van der Waals surface area contributed by atoms with Gasteiger partial charge in [0.1, 0.15) is 11.3 Å². The average molecular weight is 484 g/mol. The number of pyridine rings is 1. The Balaban J connectivity index is 0.00000341. The minimum Gasteiger partial charge on any atom is -0.493 e. The molecule has 5 nitrogen and oxygen atoms in total. The largest absolute Gasteiger partial charge is 0.493 e. The van der Waals surface area contributed by atoms with Crippen molar-refractivity contribution in [2.24, 2.45) is 0 Å². The van der Waals surface area contributed by atoms with E-state index >= 15 is 0 Å². The maximum atomic E-state index is 14.4. The van der Waals surface area contributed by atoms with Crippen LogP contribution in [0, 0.1) is 38.4 Å². The van der Waals surface area contributed by atoms with Crippen LogP contribution in [-0.4, -0.2) is 25.7 Å². The molecule has 2 aromatic heterocycles. The van der Waals surface area contributed by atoms with Crippen LogP contribution in [0.25, 0.3) is 5.69 Å². The Morgan fingerprint density at radius 3 is 2.06 bits per heavy atom. The summed E-state index contributed by atoms with van der Waals surface area (Å²) in [5, 5.41) is 14.0. The van der Waals surface area contributed by atoms with Crippen molar-refractivity contribution < 1.29 is 53.3 Å². The molecule has 12 heteroatoms. The summed E-state index contributed by atoms with van der Waals surface area (Å²) in [6.45, 7) is 4.43. The van der Waals surface area contributed by atoms with E-state index in [-0.39, 0.29) is 33.0 Å². The Morgan fingerprint density at radius 1 is 1.00 bits per heavy atom. The number of halogens is 6. The van der Waals surface area contributed by atoms with Gasteiger partial charge in [-0.05, 0) is 31.9 Å². The van der Waals surface area contributed by atoms with Gasteiger partial charge in [0, 0.05) is 22.6 Å². The van der Waals surface area contributed by atoms with Gasteiger partial charge in [-0.15, -0.1) is 0 Å². The van der Waals surface area contributed by atoms with Crippen molar-refractivity contribution in [1.29, 1.82) is 0 Å². The van der Waals surface area contributed by atoms with E-state index in [1.807, 2.05) is 0 Å². The number of carbonyl (C=O) groups excluding carboxylic acids is 1. The summed E-state index contributed by atoms with van der Waals surface area (Å²) in [6, 6.07) is 4.91. The zero-order valence-corrected chi connectivity index (χ0v) is 17.3. The van der Waals surface area contributed by atoms with Gasteiger partial charge in [-0.25, -0.2) is 9.37 Å². The number of aryl methyl sites for hydroxylation is 3. The first-order valence-corrected chi connectivity index (χ1v) is 8.37. The number of hydrogen-bond donors (Lipinski definition) is 1. The van der Waals surface area contributed by atoms with Gasteiger partial charge in [-0.3, -0.25) is 4.79 Å². The van der Waals surface area contributed by atoms with Crippen molar-refractivity contribution in [1.82, 2.24) is 14.8 Å². The van der Waals surface area contributed by atoms with Crippen LogP contribution in [0.1, 0.15) is 38.4 Å². The van der Waals surface area contributed by atoms with Crippen molar-refractivity contribution >= 4 is 5.78 Å². The van der Waals surface area contributed by atoms with Crippen LogP contribution in [0.5, 0.6) is 5.88 Å². The van der Waals surface area contributed by atoms with Crippen molar-refractivity contribution in [2.75, 3.05) is 0 Å². The molecule has 3 rings (SSSR count). The summed E-state index contributed by atoms with van der Waals surface area (Å²) >= 11 is 0. The Kier molecular flexibility index (Phi) is 6.58. The first kappa shape index (κ1) is 24.4. The van der Waals surface area contributed by atoms with Crippen LogP contribution in [0.3, 0.4) is 0 Å². The van der Waals surface area contributed by atoms with Gasteiger partial charge < -0.3 is 5.11 Å². The summed E-state index contributed by atoms with van der Waals surface area (Å²) in [4.78, 5) is 15.2. The zero-order chi connectivity index (χ0) is 22.5. The molecule has 0 amide bonds. The molecule has 1 aromatic carbocycles. The monoisotopic (exact) mass is 484 g/mol. The van der Waals surface area contributed by atoms with Crippen LogP contribution in [-0.2, 0) is 23.2 Å². The van der Waals surface area contributed by atoms with E-state index in [0.29, 0.717) is 11.1 Å². The number of aromatic nitrogens is 3. The Bertz CT molecular complexity index is 1170. The topological polar surface area (TPSA) is 68.0 Å². The number of carbonyl (C=O) groups is 1. The quantitative estimate of drug-likeness (QED) is 0.256. The van der Waals surface area contributed by atoms with Gasteiger partial charge in [0.2, 0.25) is 17.5 Å². The van der Waals surface area contributed by atoms with Crippen LogP contribution in [0.15, 0.2) is 18.2 Å². The first-order valence-electron chi connectivity index (χ1n) is 8.37. The molecule has 3 aromatic rings. The molecule has 0 spiro atoms. The normalized spacial score (nSPS) is 11.4. The van der Waals surface area contributed by atoms with Gasteiger partial charge in [0.25, 0.3) is 5.95 Å². The van der Waals surface area contributed by atoms with Crippen molar-refractivity contribution in [3.63, 3.8) is 0 Å². The molecule has 0 saturated heterocycles. The number of nitrogens with zero attached hydrogens (tertiary/aromatic N) is 3. The zero-order valence-electron chi connectivity index (χ0n) is 16.1. The molecule has 165 valence electrons. The number of rotatable bonds is 3. The van der Waals surface area contributed by atoms with E-state index < -0.39 is 52.4 Å². The number of alkyl halides is 3. The van der Waals surface area contributed by atoms with Crippen molar-refractivity contribution in [2.45, 2.75) is 26.9 Å². The van der Waals surface area contributed by atoms with E-state index in [9.17, 15) is 36.2 Å². The molecule has 0 fully saturated rings. The Hall–Kier alpha value is -2.85. The number of hydrogen-bond acceptors (Lipinski definition) is 4. The standard InChI is InChI=1S/C19H13F6N3O2.Mn/c1-7-5-4-6-8(2)10(7)15(29)11-9(3)27-28(18(11)30)14-12(20)16(19(23,24)25)26-17(22)13(14)21;/h4-6,30H,1-3H3;. The summed E-state index contributed by atoms with van der Waals surface area (Å²) < 4.78 is 81.1. The summed E-state index contributed by atoms with van der Waals surface area (Å²) in [7, 11) is 0. The molecule has 2 heterocycles. The SMILES string of the molecule is Cc1cccc(C)c1C(=O)c1c(C)nn(-c2c(F)c(F)nc(C(F)(F)F)c2F)c1O.[Mn]. The van der Waals surface area contributed by atoms with Crippen LogP contribution in [0.2, 0.25) is 0 Å². The molecule has 0 aliphatic rings. The van der Waals surface area contributed by atoms with E-state index in [1.54, 1.807) is 32.0 Å². The molecule has 31 heavy (non-hydrogen) atoms. The molecule has 0 unspecified atom stereocenters. The van der Waals surface area contributed by atoms with E-state index in [0.717, 1.165) is 0 Å². The second kappa shape index (κ2) is 8.35.